The number of nitrogens with one attached hydrogen (secondary N) is 1. The van der Waals surface area contributed by atoms with Gasteiger partial charge in [0.2, 0.25) is 0 Å². The molecule has 0 spiro atoms. The Kier molecular flexibility index (Phi) is 4.00. The molecular weight excluding hydrogens is 255 g/mol. The van der Waals surface area contributed by atoms with E-state index < -0.39 is 11.7 Å². The Morgan fingerprint density at radius 3 is 2.65 bits per heavy atom. The number of fused-ring (bicyclic) bond motifs is 1. The number of nitrogens with zero attached hydrogens (tertiary/aromatic N) is 2. The molecule has 0 aliphatic rings. The third-order valence-corrected chi connectivity index (χ3v) is 2.20. The van der Waals surface area contributed by atoms with Crippen LogP contribution in [-0.2, 0) is 12.7 Å². The summed E-state index contributed by atoms with van der Waals surface area (Å²) in [7, 11) is 1.76. The number of rotatable bonds is 2. The summed E-state index contributed by atoms with van der Waals surface area (Å²) in [4.78, 5) is 0. The quantitative estimate of drug-likeness (QED) is 0.904. The van der Waals surface area contributed by atoms with Crippen molar-refractivity contribution < 1.29 is 13.2 Å². The molecule has 2 aromatic rings. The zero-order valence-corrected chi connectivity index (χ0v) is 9.77. The van der Waals surface area contributed by atoms with Crippen LogP contribution in [0.5, 0.6) is 0 Å². The van der Waals surface area contributed by atoms with Crippen molar-refractivity contribution in [1.29, 1.82) is 0 Å². The molecule has 2 heterocycles. The standard InChI is InChI=1S/C10H10F3N3.ClH/c1-14-6-8-5-9-4-7(10(11,12)13)2-3-16(9)15-8;/h2-5,14H,6H2,1H3;1H. The monoisotopic (exact) mass is 265 g/mol. The van der Waals surface area contributed by atoms with Crippen LogP contribution in [0.25, 0.3) is 5.52 Å². The first kappa shape index (κ1) is 13.8. The average Bonchev–Trinajstić information content (AvgIpc) is 2.57. The largest absolute Gasteiger partial charge is 0.416 e. The van der Waals surface area contributed by atoms with Crippen molar-refractivity contribution in [2.45, 2.75) is 12.7 Å². The lowest BCUT2D eigenvalue weighted by Gasteiger charge is -2.05. The Morgan fingerprint density at radius 1 is 1.35 bits per heavy atom. The summed E-state index contributed by atoms with van der Waals surface area (Å²) in [5.74, 6) is 0. The first-order chi connectivity index (χ1) is 7.50. The highest BCUT2D eigenvalue weighted by molar-refractivity contribution is 5.85. The predicted molar refractivity (Wildman–Crippen MR) is 60.2 cm³/mol. The summed E-state index contributed by atoms with van der Waals surface area (Å²) in [6.45, 7) is 0.531. The molecule has 0 atom stereocenters. The third-order valence-electron chi connectivity index (χ3n) is 2.20. The Morgan fingerprint density at radius 2 is 2.06 bits per heavy atom. The summed E-state index contributed by atoms with van der Waals surface area (Å²) in [5.41, 5.74) is 0.498. The molecule has 0 fully saturated rings. The van der Waals surface area contributed by atoms with Gasteiger partial charge in [0.05, 0.1) is 16.8 Å². The lowest BCUT2D eigenvalue weighted by atomic mass is 10.2. The van der Waals surface area contributed by atoms with Crippen molar-refractivity contribution >= 4 is 17.9 Å². The minimum atomic E-state index is -4.31. The minimum Gasteiger partial charge on any atom is -0.314 e. The Bertz CT molecular complexity index is 507. The van der Waals surface area contributed by atoms with E-state index in [4.69, 9.17) is 0 Å². The van der Waals surface area contributed by atoms with Crippen LogP contribution >= 0.6 is 12.4 Å². The number of aromatic nitrogens is 2. The molecule has 17 heavy (non-hydrogen) atoms. The van der Waals surface area contributed by atoms with E-state index in [2.05, 4.69) is 10.4 Å². The van der Waals surface area contributed by atoms with Crippen molar-refractivity contribution in [2.24, 2.45) is 0 Å². The summed E-state index contributed by atoms with van der Waals surface area (Å²) >= 11 is 0. The highest BCUT2D eigenvalue weighted by Gasteiger charge is 2.30. The first-order valence-corrected chi connectivity index (χ1v) is 4.71. The normalized spacial score (nSPS) is 11.5. The van der Waals surface area contributed by atoms with E-state index in [9.17, 15) is 13.2 Å². The van der Waals surface area contributed by atoms with Gasteiger partial charge < -0.3 is 5.32 Å². The number of pyridine rings is 1. The molecular formula is C10H11ClF3N3. The minimum absolute atomic E-state index is 0. The number of alkyl halides is 3. The molecule has 0 amide bonds. The van der Waals surface area contributed by atoms with Crippen molar-refractivity contribution in [2.75, 3.05) is 7.05 Å². The maximum Gasteiger partial charge on any atom is 0.416 e. The molecule has 2 rings (SSSR count). The van der Waals surface area contributed by atoms with E-state index in [1.807, 2.05) is 0 Å². The molecule has 7 heteroatoms. The van der Waals surface area contributed by atoms with Crippen molar-refractivity contribution in [3.63, 3.8) is 0 Å². The topological polar surface area (TPSA) is 29.3 Å². The number of halogens is 4. The highest BCUT2D eigenvalue weighted by Crippen LogP contribution is 2.29. The summed E-state index contributed by atoms with van der Waals surface area (Å²) in [6.07, 6.45) is -2.99. The molecule has 0 aliphatic heterocycles. The smallest absolute Gasteiger partial charge is 0.314 e. The second-order valence-corrected chi connectivity index (χ2v) is 3.45. The van der Waals surface area contributed by atoms with E-state index in [-0.39, 0.29) is 12.4 Å². The molecule has 3 nitrogen and oxygen atoms in total. The van der Waals surface area contributed by atoms with Gasteiger partial charge in [-0.15, -0.1) is 12.4 Å². The van der Waals surface area contributed by atoms with Crippen LogP contribution in [0.15, 0.2) is 24.4 Å². The van der Waals surface area contributed by atoms with Crippen LogP contribution < -0.4 is 5.32 Å². The molecule has 2 aromatic heterocycles. The summed E-state index contributed by atoms with van der Waals surface area (Å²) < 4.78 is 38.7. The lowest BCUT2D eigenvalue weighted by molar-refractivity contribution is -0.137. The Labute approximate surface area is 102 Å². The fraction of sp³-hybridized carbons (Fsp3) is 0.300. The summed E-state index contributed by atoms with van der Waals surface area (Å²) in [5, 5.41) is 7.00. The van der Waals surface area contributed by atoms with E-state index in [1.54, 1.807) is 13.1 Å². The molecule has 0 aliphatic carbocycles. The van der Waals surface area contributed by atoms with Crippen LogP contribution in [0.2, 0.25) is 0 Å². The first-order valence-electron chi connectivity index (χ1n) is 4.71. The van der Waals surface area contributed by atoms with Crippen molar-refractivity contribution in [1.82, 2.24) is 14.9 Å². The van der Waals surface area contributed by atoms with Crippen molar-refractivity contribution in [3.05, 3.63) is 35.7 Å². The predicted octanol–water partition coefficient (Wildman–Crippen LogP) is 2.49. The van der Waals surface area contributed by atoms with Crippen LogP contribution in [0.4, 0.5) is 13.2 Å². The Balaban J connectivity index is 0.00000144. The zero-order chi connectivity index (χ0) is 11.8. The molecule has 94 valence electrons. The Hall–Kier alpha value is -1.27. The third kappa shape index (κ3) is 2.89. The van der Waals surface area contributed by atoms with Crippen LogP contribution in [0.1, 0.15) is 11.3 Å². The molecule has 0 aromatic carbocycles. The second-order valence-electron chi connectivity index (χ2n) is 3.45. The summed E-state index contributed by atoms with van der Waals surface area (Å²) in [6, 6.07) is 3.74. The number of hydrogen-bond acceptors (Lipinski definition) is 2. The number of hydrogen-bond donors (Lipinski definition) is 1. The van der Waals surface area contributed by atoms with Gasteiger partial charge in [-0.3, -0.25) is 0 Å². The van der Waals surface area contributed by atoms with Gasteiger partial charge in [0, 0.05) is 12.7 Å². The second kappa shape index (κ2) is 4.93. The molecule has 0 saturated heterocycles. The SMILES string of the molecule is CNCc1cc2cc(C(F)(F)F)ccn2n1.Cl. The van der Waals surface area contributed by atoms with Gasteiger partial charge in [-0.2, -0.15) is 18.3 Å². The maximum absolute atomic E-state index is 12.4. The van der Waals surface area contributed by atoms with Crippen LogP contribution in [-0.4, -0.2) is 16.7 Å². The van der Waals surface area contributed by atoms with E-state index >= 15 is 0 Å². The molecule has 0 unspecified atom stereocenters. The molecule has 0 radical (unpaired) electrons. The molecule has 0 saturated carbocycles. The fourth-order valence-corrected chi connectivity index (χ4v) is 1.49. The van der Waals surface area contributed by atoms with E-state index in [1.165, 1.54) is 10.7 Å². The fourth-order valence-electron chi connectivity index (χ4n) is 1.49. The lowest BCUT2D eigenvalue weighted by Crippen LogP contribution is -2.06. The van der Waals surface area contributed by atoms with Crippen LogP contribution in [0, 0.1) is 0 Å². The van der Waals surface area contributed by atoms with E-state index in [0.29, 0.717) is 17.8 Å². The van der Waals surface area contributed by atoms with Crippen molar-refractivity contribution in [3.8, 4) is 0 Å². The van der Waals surface area contributed by atoms with Gasteiger partial charge in [-0.25, -0.2) is 4.52 Å². The average molecular weight is 266 g/mol. The van der Waals surface area contributed by atoms with E-state index in [0.717, 1.165) is 12.1 Å². The van der Waals surface area contributed by atoms with Gasteiger partial charge in [-0.1, -0.05) is 0 Å². The van der Waals surface area contributed by atoms with Gasteiger partial charge in [0.1, 0.15) is 0 Å². The van der Waals surface area contributed by atoms with Gasteiger partial charge in [-0.05, 0) is 25.2 Å². The van der Waals surface area contributed by atoms with Gasteiger partial charge >= 0.3 is 6.18 Å². The highest BCUT2D eigenvalue weighted by atomic mass is 35.5. The zero-order valence-electron chi connectivity index (χ0n) is 8.95. The molecule has 1 N–H and O–H groups in total. The van der Waals surface area contributed by atoms with Crippen LogP contribution in [0.3, 0.4) is 0 Å². The van der Waals surface area contributed by atoms with Gasteiger partial charge in [0.15, 0.2) is 0 Å². The van der Waals surface area contributed by atoms with Gasteiger partial charge in [0.25, 0.3) is 0 Å². The molecule has 0 bridgehead atoms. The maximum atomic E-state index is 12.4.